The van der Waals surface area contributed by atoms with Gasteiger partial charge in [-0.3, -0.25) is 0 Å². The molecule has 2 amide bonds. The molecule has 0 radical (unpaired) electrons. The lowest BCUT2D eigenvalue weighted by molar-refractivity contribution is -0.107. The summed E-state index contributed by atoms with van der Waals surface area (Å²) in [7, 11) is -3.43. The highest BCUT2D eigenvalue weighted by atomic mass is 32.2. The molecule has 3 heterocycles. The summed E-state index contributed by atoms with van der Waals surface area (Å²) in [5, 5.41) is 4.68. The maximum Gasteiger partial charge on any atom is 0.320 e. The number of carbonyl (C=O) groups excluding carboxylic acids is 1. The summed E-state index contributed by atoms with van der Waals surface area (Å²) < 4.78 is 39.6. The number of hydrogen-bond acceptors (Lipinski definition) is 5. The summed E-state index contributed by atoms with van der Waals surface area (Å²) in [4.78, 5) is 21.5. The lowest BCUT2D eigenvalue weighted by atomic mass is 9.56. The van der Waals surface area contributed by atoms with Crippen LogP contribution in [0.2, 0.25) is 0 Å². The van der Waals surface area contributed by atoms with Crippen LogP contribution in [0, 0.1) is 22.6 Å². The van der Waals surface area contributed by atoms with Gasteiger partial charge in [0.15, 0.2) is 15.7 Å². The first-order valence-corrected chi connectivity index (χ1v) is 14.9. The molecule has 2 spiro atoms. The van der Waals surface area contributed by atoms with Crippen LogP contribution in [0.1, 0.15) is 61.9 Å². The second-order valence-electron chi connectivity index (χ2n) is 12.5. The van der Waals surface area contributed by atoms with E-state index in [1.165, 1.54) is 18.9 Å². The van der Waals surface area contributed by atoms with Gasteiger partial charge in [0, 0.05) is 49.2 Å². The fourth-order valence-electron chi connectivity index (χ4n) is 7.23. The molecule has 2 aromatic rings. The van der Waals surface area contributed by atoms with Crippen LogP contribution in [0.15, 0.2) is 29.4 Å². The first kappa shape index (κ1) is 22.7. The molecule has 3 saturated carbocycles. The summed E-state index contributed by atoms with van der Waals surface area (Å²) in [6.45, 7) is 3.30. The van der Waals surface area contributed by atoms with Crippen molar-refractivity contribution < 1.29 is 17.6 Å². The molecule has 0 atom stereocenters. The van der Waals surface area contributed by atoms with Crippen molar-refractivity contribution in [3.63, 3.8) is 0 Å². The lowest BCUT2D eigenvalue weighted by Gasteiger charge is -2.63. The van der Waals surface area contributed by atoms with Gasteiger partial charge >= 0.3 is 6.03 Å². The van der Waals surface area contributed by atoms with Gasteiger partial charge in [0.1, 0.15) is 12.1 Å². The average Bonchev–Trinajstić information content (AvgIpc) is 3.43. The van der Waals surface area contributed by atoms with Crippen molar-refractivity contribution in [3.05, 3.63) is 41.7 Å². The van der Waals surface area contributed by atoms with Crippen LogP contribution in [0.5, 0.6) is 0 Å². The van der Waals surface area contributed by atoms with Gasteiger partial charge in [0.05, 0.1) is 10.9 Å². The van der Waals surface area contributed by atoms with Crippen LogP contribution in [0.4, 0.5) is 9.18 Å². The van der Waals surface area contributed by atoms with Crippen LogP contribution in [-0.4, -0.2) is 71.4 Å². The molecular formula is C26H32FN5O3S. The SMILES string of the molecule is CS(=O)(=O)c1cc(F)cc(CC2CC3(C2)CN(C(=O)N2CC4(CC(n5cnc(C6CC6)n5)C4)C2)C3)c1. The third-order valence-corrected chi connectivity index (χ3v) is 10.2. The quantitative estimate of drug-likeness (QED) is 0.612. The lowest BCUT2D eigenvalue weighted by Crippen LogP contribution is -2.71. The highest BCUT2D eigenvalue weighted by Gasteiger charge is 2.58. The van der Waals surface area contributed by atoms with E-state index in [1.54, 1.807) is 6.07 Å². The Morgan fingerprint density at radius 2 is 1.67 bits per heavy atom. The molecular weight excluding hydrogens is 481 g/mol. The van der Waals surface area contributed by atoms with E-state index in [-0.39, 0.29) is 21.8 Å². The van der Waals surface area contributed by atoms with Gasteiger partial charge in [-0.15, -0.1) is 0 Å². The second kappa shape index (κ2) is 7.52. The Balaban J connectivity index is 0.863. The van der Waals surface area contributed by atoms with Crippen LogP contribution < -0.4 is 0 Å². The van der Waals surface area contributed by atoms with Crippen LogP contribution in [0.3, 0.4) is 0 Å². The van der Waals surface area contributed by atoms with Crippen molar-refractivity contribution in [2.45, 2.75) is 61.8 Å². The minimum Gasteiger partial charge on any atom is -0.323 e. The standard InChI is InChI=1S/C26H32FN5O3S/c1-36(34,35)22-6-17(5-20(27)7-22)4-18-8-25(9-18)12-30(13-25)24(33)31-14-26(15-31)10-21(11-26)32-16-28-23(29-32)19-2-3-19/h5-7,16,18-19,21H,2-4,8-15H2,1H3. The van der Waals surface area contributed by atoms with Gasteiger partial charge < -0.3 is 9.80 Å². The third-order valence-electron chi connectivity index (χ3n) is 9.15. The minimum absolute atomic E-state index is 0.0429. The monoisotopic (exact) mass is 513 g/mol. The topological polar surface area (TPSA) is 88.4 Å². The summed E-state index contributed by atoms with van der Waals surface area (Å²) in [6, 6.07) is 4.71. The van der Waals surface area contributed by atoms with E-state index in [1.807, 2.05) is 20.8 Å². The Morgan fingerprint density at radius 3 is 2.28 bits per heavy atom. The molecule has 5 aliphatic rings. The molecule has 1 aromatic carbocycles. The Bertz CT molecular complexity index is 1330. The molecule has 0 unspecified atom stereocenters. The highest BCUT2D eigenvalue weighted by Crippen LogP contribution is 2.56. The number of amides is 2. The van der Waals surface area contributed by atoms with Crippen molar-refractivity contribution in [3.8, 4) is 0 Å². The predicted octanol–water partition coefficient (Wildman–Crippen LogP) is 3.41. The molecule has 3 aliphatic carbocycles. The van der Waals surface area contributed by atoms with Gasteiger partial charge in [0.25, 0.3) is 0 Å². The zero-order valence-electron chi connectivity index (χ0n) is 20.6. The van der Waals surface area contributed by atoms with E-state index in [9.17, 15) is 17.6 Å². The average molecular weight is 514 g/mol. The largest absolute Gasteiger partial charge is 0.323 e. The highest BCUT2D eigenvalue weighted by molar-refractivity contribution is 7.90. The Kier molecular flexibility index (Phi) is 4.74. The van der Waals surface area contributed by atoms with E-state index >= 15 is 0 Å². The van der Waals surface area contributed by atoms with E-state index < -0.39 is 15.7 Å². The number of nitrogens with zero attached hydrogens (tertiary/aromatic N) is 5. The Morgan fingerprint density at radius 1 is 1.03 bits per heavy atom. The number of likely N-dealkylation sites (tertiary alicyclic amines) is 2. The zero-order chi connectivity index (χ0) is 24.9. The minimum atomic E-state index is -3.43. The van der Waals surface area contributed by atoms with Crippen LogP contribution in [-0.2, 0) is 16.3 Å². The van der Waals surface area contributed by atoms with Crippen molar-refractivity contribution in [2.24, 2.45) is 16.7 Å². The first-order chi connectivity index (χ1) is 17.1. The van der Waals surface area contributed by atoms with Crippen molar-refractivity contribution in [1.29, 1.82) is 0 Å². The zero-order valence-corrected chi connectivity index (χ0v) is 21.4. The van der Waals surface area contributed by atoms with Gasteiger partial charge in [-0.05, 0) is 74.6 Å². The number of carbonyl (C=O) groups is 1. The third kappa shape index (κ3) is 3.83. The predicted molar refractivity (Wildman–Crippen MR) is 130 cm³/mol. The van der Waals surface area contributed by atoms with Gasteiger partial charge in [0.2, 0.25) is 0 Å². The van der Waals surface area contributed by atoms with E-state index in [4.69, 9.17) is 0 Å². The summed E-state index contributed by atoms with van der Waals surface area (Å²) in [6.07, 6.45) is 10.3. The Labute approximate surface area is 210 Å². The number of sulfone groups is 1. The Hall–Kier alpha value is -2.49. The molecule has 0 N–H and O–H groups in total. The number of hydrogen-bond donors (Lipinski definition) is 0. The number of rotatable bonds is 5. The van der Waals surface area contributed by atoms with E-state index in [0.717, 1.165) is 75.6 Å². The van der Waals surface area contributed by atoms with Crippen molar-refractivity contribution in [2.75, 3.05) is 32.4 Å². The summed E-state index contributed by atoms with van der Waals surface area (Å²) >= 11 is 0. The number of urea groups is 1. The second-order valence-corrected chi connectivity index (χ2v) is 14.5. The molecule has 5 fully saturated rings. The van der Waals surface area contributed by atoms with Crippen LogP contribution >= 0.6 is 0 Å². The summed E-state index contributed by atoms with van der Waals surface area (Å²) in [5.74, 6) is 1.49. The molecule has 2 saturated heterocycles. The van der Waals surface area contributed by atoms with Gasteiger partial charge in [-0.1, -0.05) is 0 Å². The molecule has 2 aliphatic heterocycles. The molecule has 1 aromatic heterocycles. The van der Waals surface area contributed by atoms with Gasteiger partial charge in [-0.2, -0.15) is 5.10 Å². The van der Waals surface area contributed by atoms with E-state index in [2.05, 4.69) is 10.1 Å². The fraction of sp³-hybridized carbons (Fsp3) is 0.654. The molecule has 36 heavy (non-hydrogen) atoms. The maximum atomic E-state index is 13.9. The number of benzene rings is 1. The number of aromatic nitrogens is 3. The van der Waals surface area contributed by atoms with Gasteiger partial charge in [-0.25, -0.2) is 27.3 Å². The molecule has 7 rings (SSSR count). The number of halogens is 1. The molecule has 8 nitrogen and oxygen atoms in total. The molecule has 10 heteroatoms. The van der Waals surface area contributed by atoms with Crippen LogP contribution in [0.25, 0.3) is 0 Å². The molecule has 0 bridgehead atoms. The maximum absolute atomic E-state index is 13.9. The normalized spacial score (nSPS) is 24.8. The smallest absolute Gasteiger partial charge is 0.320 e. The van der Waals surface area contributed by atoms with E-state index in [0.29, 0.717) is 24.3 Å². The van der Waals surface area contributed by atoms with Crippen molar-refractivity contribution in [1.82, 2.24) is 24.6 Å². The first-order valence-electron chi connectivity index (χ1n) is 13.0. The summed E-state index contributed by atoms with van der Waals surface area (Å²) in [5.41, 5.74) is 1.21. The van der Waals surface area contributed by atoms with Crippen molar-refractivity contribution >= 4 is 15.9 Å². The molecule has 192 valence electrons. The fourth-order valence-corrected chi connectivity index (χ4v) is 7.92.